The molecule has 1 heterocycles. The molecule has 2 atom stereocenters. The second-order valence-corrected chi connectivity index (χ2v) is 6.36. The Balaban J connectivity index is 1.87. The average Bonchev–Trinajstić information content (AvgIpc) is 2.72. The van der Waals surface area contributed by atoms with E-state index in [0.717, 1.165) is 22.3 Å². The molecule has 4 heteroatoms. The summed E-state index contributed by atoms with van der Waals surface area (Å²) in [6.07, 6.45) is 5.00. The van der Waals surface area contributed by atoms with Crippen LogP contribution in [0.5, 0.6) is 0 Å². The van der Waals surface area contributed by atoms with Crippen molar-refractivity contribution in [2.45, 2.75) is 57.7 Å². The van der Waals surface area contributed by atoms with Gasteiger partial charge < -0.3 is 5.73 Å². The SMILES string of the molecule is Cc1nc(SCCC2CCCC2N)nc(C)c1C. The van der Waals surface area contributed by atoms with Gasteiger partial charge in [0.15, 0.2) is 5.16 Å². The minimum absolute atomic E-state index is 0.424. The number of nitrogens with two attached hydrogens (primary N) is 1. The van der Waals surface area contributed by atoms with E-state index in [9.17, 15) is 0 Å². The highest BCUT2D eigenvalue weighted by atomic mass is 32.2. The Morgan fingerprint density at radius 2 is 1.83 bits per heavy atom. The van der Waals surface area contributed by atoms with Gasteiger partial charge in [0.1, 0.15) is 0 Å². The van der Waals surface area contributed by atoms with Gasteiger partial charge in [-0.15, -0.1) is 0 Å². The second-order valence-electron chi connectivity index (χ2n) is 5.29. The highest BCUT2D eigenvalue weighted by Crippen LogP contribution is 2.29. The van der Waals surface area contributed by atoms with E-state index in [1.54, 1.807) is 11.8 Å². The predicted molar refractivity (Wildman–Crippen MR) is 76.9 cm³/mol. The van der Waals surface area contributed by atoms with Crippen LogP contribution in [-0.2, 0) is 0 Å². The van der Waals surface area contributed by atoms with E-state index in [-0.39, 0.29) is 0 Å². The Morgan fingerprint density at radius 1 is 1.17 bits per heavy atom. The molecule has 0 saturated heterocycles. The van der Waals surface area contributed by atoms with Crippen LogP contribution in [0.15, 0.2) is 5.16 Å². The molecule has 0 amide bonds. The molecule has 1 aromatic rings. The third-order valence-corrected chi connectivity index (χ3v) is 4.93. The summed E-state index contributed by atoms with van der Waals surface area (Å²) in [6.45, 7) is 6.19. The van der Waals surface area contributed by atoms with Crippen molar-refractivity contribution in [1.29, 1.82) is 0 Å². The number of hydrogen-bond acceptors (Lipinski definition) is 4. The summed E-state index contributed by atoms with van der Waals surface area (Å²) in [5, 5.41) is 0.919. The van der Waals surface area contributed by atoms with Gasteiger partial charge in [-0.05, 0) is 51.5 Å². The molecule has 1 aliphatic rings. The van der Waals surface area contributed by atoms with Gasteiger partial charge >= 0.3 is 0 Å². The number of hydrogen-bond donors (Lipinski definition) is 1. The molecule has 0 spiro atoms. The first kappa shape index (κ1) is 13.8. The van der Waals surface area contributed by atoms with Crippen molar-refractivity contribution >= 4 is 11.8 Å². The van der Waals surface area contributed by atoms with Gasteiger partial charge in [0.05, 0.1) is 0 Å². The van der Waals surface area contributed by atoms with Crippen molar-refractivity contribution < 1.29 is 0 Å². The summed E-state index contributed by atoms with van der Waals surface area (Å²) in [7, 11) is 0. The van der Waals surface area contributed by atoms with E-state index >= 15 is 0 Å². The molecule has 1 aliphatic carbocycles. The lowest BCUT2D eigenvalue weighted by Gasteiger charge is -2.14. The lowest BCUT2D eigenvalue weighted by atomic mass is 10.0. The Labute approximate surface area is 114 Å². The second kappa shape index (κ2) is 6.02. The van der Waals surface area contributed by atoms with Crippen LogP contribution >= 0.6 is 11.8 Å². The van der Waals surface area contributed by atoms with Crippen LogP contribution in [0.4, 0.5) is 0 Å². The first-order valence-corrected chi connectivity index (χ1v) is 7.76. The number of aromatic nitrogens is 2. The lowest BCUT2D eigenvalue weighted by Crippen LogP contribution is -2.24. The Hall–Kier alpha value is -0.610. The van der Waals surface area contributed by atoms with Gasteiger partial charge in [-0.25, -0.2) is 9.97 Å². The first-order valence-electron chi connectivity index (χ1n) is 6.78. The van der Waals surface area contributed by atoms with Gasteiger partial charge in [-0.3, -0.25) is 0 Å². The van der Waals surface area contributed by atoms with Crippen LogP contribution < -0.4 is 5.73 Å². The molecule has 2 unspecified atom stereocenters. The number of thioether (sulfide) groups is 1. The zero-order chi connectivity index (χ0) is 13.1. The van der Waals surface area contributed by atoms with Crippen molar-refractivity contribution in [2.24, 2.45) is 11.7 Å². The zero-order valence-electron chi connectivity index (χ0n) is 11.6. The maximum absolute atomic E-state index is 6.09. The fourth-order valence-corrected chi connectivity index (χ4v) is 3.54. The van der Waals surface area contributed by atoms with Crippen molar-refractivity contribution in [3.63, 3.8) is 0 Å². The minimum Gasteiger partial charge on any atom is -0.327 e. The molecule has 1 saturated carbocycles. The van der Waals surface area contributed by atoms with E-state index in [0.29, 0.717) is 12.0 Å². The fraction of sp³-hybridized carbons (Fsp3) is 0.714. The average molecular weight is 265 g/mol. The summed E-state index contributed by atoms with van der Waals surface area (Å²) in [4.78, 5) is 9.07. The molecule has 3 nitrogen and oxygen atoms in total. The summed E-state index contributed by atoms with van der Waals surface area (Å²) < 4.78 is 0. The largest absolute Gasteiger partial charge is 0.327 e. The fourth-order valence-electron chi connectivity index (χ4n) is 2.53. The summed E-state index contributed by atoms with van der Waals surface area (Å²) >= 11 is 1.77. The summed E-state index contributed by atoms with van der Waals surface area (Å²) in [5.74, 6) is 1.80. The van der Waals surface area contributed by atoms with Gasteiger partial charge in [0, 0.05) is 23.2 Å². The van der Waals surface area contributed by atoms with Crippen molar-refractivity contribution in [3.8, 4) is 0 Å². The topological polar surface area (TPSA) is 51.8 Å². The van der Waals surface area contributed by atoms with Crippen molar-refractivity contribution in [2.75, 3.05) is 5.75 Å². The van der Waals surface area contributed by atoms with Crippen LogP contribution in [0.1, 0.15) is 42.6 Å². The molecular formula is C14H23N3S. The molecule has 2 rings (SSSR count). The molecule has 1 fully saturated rings. The Kier molecular flexibility index (Phi) is 4.62. The van der Waals surface area contributed by atoms with E-state index in [4.69, 9.17) is 5.73 Å². The van der Waals surface area contributed by atoms with Gasteiger partial charge in [-0.1, -0.05) is 18.2 Å². The molecule has 100 valence electrons. The zero-order valence-corrected chi connectivity index (χ0v) is 12.4. The number of aryl methyl sites for hydroxylation is 2. The van der Waals surface area contributed by atoms with Gasteiger partial charge in [-0.2, -0.15) is 0 Å². The lowest BCUT2D eigenvalue weighted by molar-refractivity contribution is 0.470. The molecule has 0 aliphatic heterocycles. The van der Waals surface area contributed by atoms with Gasteiger partial charge in [0.2, 0.25) is 0 Å². The normalized spacial score (nSPS) is 23.6. The standard InChI is InChI=1S/C14H23N3S/c1-9-10(2)16-14(17-11(9)3)18-8-7-12-5-4-6-13(12)15/h12-13H,4-8,15H2,1-3H3. The third kappa shape index (κ3) is 3.23. The highest BCUT2D eigenvalue weighted by molar-refractivity contribution is 7.99. The van der Waals surface area contributed by atoms with E-state index in [1.807, 2.05) is 0 Å². The monoisotopic (exact) mass is 265 g/mol. The summed E-state index contributed by atoms with van der Waals surface area (Å²) in [6, 6.07) is 0.424. The van der Waals surface area contributed by atoms with Crippen LogP contribution in [-0.4, -0.2) is 21.8 Å². The van der Waals surface area contributed by atoms with Crippen LogP contribution in [0, 0.1) is 26.7 Å². The minimum atomic E-state index is 0.424. The van der Waals surface area contributed by atoms with Gasteiger partial charge in [0.25, 0.3) is 0 Å². The molecule has 18 heavy (non-hydrogen) atoms. The predicted octanol–water partition coefficient (Wildman–Crippen LogP) is 3.01. The van der Waals surface area contributed by atoms with Crippen LogP contribution in [0.2, 0.25) is 0 Å². The molecule has 1 aromatic heterocycles. The highest BCUT2D eigenvalue weighted by Gasteiger charge is 2.23. The van der Waals surface area contributed by atoms with E-state index < -0.39 is 0 Å². The summed E-state index contributed by atoms with van der Waals surface area (Å²) in [5.41, 5.74) is 9.49. The van der Waals surface area contributed by atoms with Crippen LogP contribution in [0.3, 0.4) is 0 Å². The maximum atomic E-state index is 6.09. The first-order chi connectivity index (χ1) is 8.58. The van der Waals surface area contributed by atoms with Crippen molar-refractivity contribution in [3.05, 3.63) is 17.0 Å². The van der Waals surface area contributed by atoms with E-state index in [1.165, 1.54) is 31.2 Å². The molecule has 0 bridgehead atoms. The van der Waals surface area contributed by atoms with E-state index in [2.05, 4.69) is 30.7 Å². The molecule has 0 aromatic carbocycles. The maximum Gasteiger partial charge on any atom is 0.187 e. The smallest absolute Gasteiger partial charge is 0.187 e. The quantitative estimate of drug-likeness (QED) is 0.671. The third-order valence-electron chi connectivity index (χ3n) is 4.05. The molecule has 0 radical (unpaired) electrons. The number of nitrogens with zero attached hydrogens (tertiary/aromatic N) is 2. The Bertz CT molecular complexity index is 396. The van der Waals surface area contributed by atoms with Crippen molar-refractivity contribution in [1.82, 2.24) is 9.97 Å². The number of rotatable bonds is 4. The van der Waals surface area contributed by atoms with Crippen LogP contribution in [0.25, 0.3) is 0 Å². The molecular weight excluding hydrogens is 242 g/mol. The molecule has 2 N–H and O–H groups in total. The Morgan fingerprint density at radius 3 is 2.39 bits per heavy atom.